The van der Waals surface area contributed by atoms with Crippen LogP contribution in [0.4, 0.5) is 47.6 Å². The van der Waals surface area contributed by atoms with E-state index in [1.165, 1.54) is 18.2 Å². The molecule has 2 N–H and O–H groups in total. The van der Waals surface area contributed by atoms with Crippen LogP contribution in [0.5, 0.6) is 0 Å². The molecule has 1 heterocycles. The van der Waals surface area contributed by atoms with Crippen LogP contribution < -0.4 is 10.6 Å². The number of nitrogens with zero attached hydrogens (tertiary/aromatic N) is 4. The number of hydrogen-bond acceptors (Lipinski definition) is 8. The number of hydrogen-bond donors (Lipinski definition) is 2. The van der Waals surface area contributed by atoms with Gasteiger partial charge >= 0.3 is 11.9 Å². The molecule has 154 valence electrons. The number of halogens is 3. The quantitative estimate of drug-likeness (QED) is 0.429. The minimum atomic E-state index is -4.52. The fraction of sp³-hybridized carbons (Fsp3) is 0.0588. The third-order valence-electron chi connectivity index (χ3n) is 3.80. The summed E-state index contributed by atoms with van der Waals surface area (Å²) in [4.78, 5) is 28.6. The van der Waals surface area contributed by atoms with Gasteiger partial charge in [0.05, 0.1) is 15.4 Å². The Kier molecular flexibility index (Phi) is 5.44. The van der Waals surface area contributed by atoms with Gasteiger partial charge in [0.2, 0.25) is 11.6 Å². The van der Waals surface area contributed by atoms with Crippen LogP contribution in [0.15, 0.2) is 54.9 Å². The zero-order valence-electron chi connectivity index (χ0n) is 14.8. The summed E-state index contributed by atoms with van der Waals surface area (Å²) in [6, 6.07) is 9.07. The molecular weight excluding hydrogens is 409 g/mol. The van der Waals surface area contributed by atoms with E-state index in [-0.39, 0.29) is 28.7 Å². The summed E-state index contributed by atoms with van der Waals surface area (Å²) in [6.07, 6.45) is -3.52. The Morgan fingerprint density at radius 3 is 1.97 bits per heavy atom. The van der Waals surface area contributed by atoms with Crippen LogP contribution in [0.25, 0.3) is 0 Å². The molecule has 0 saturated carbocycles. The molecule has 0 bridgehead atoms. The Morgan fingerprint density at radius 2 is 1.43 bits per heavy atom. The molecular formula is C17H11F3N6O4. The standard InChI is InChI=1S/C17H11F3N6O4/c18-17(19,20)10-4-6-11(7-5-10)23-15-14(26(29)30)16(22-9-21-15)24-12-2-1-3-13(8-12)25(27)28/h1-9H,(H2,21,22,23,24). The summed E-state index contributed by atoms with van der Waals surface area (Å²) in [5.41, 5.74) is -1.40. The molecule has 0 aliphatic carbocycles. The molecule has 13 heteroatoms. The van der Waals surface area contributed by atoms with Gasteiger partial charge in [0.15, 0.2) is 0 Å². The largest absolute Gasteiger partial charge is 0.416 e. The molecule has 0 saturated heterocycles. The molecule has 0 spiro atoms. The van der Waals surface area contributed by atoms with Gasteiger partial charge in [-0.1, -0.05) is 6.07 Å². The molecule has 1 aromatic heterocycles. The average Bonchev–Trinajstić information content (AvgIpc) is 2.68. The van der Waals surface area contributed by atoms with Crippen LogP contribution in [0, 0.1) is 20.2 Å². The van der Waals surface area contributed by atoms with Crippen LogP contribution in [-0.2, 0) is 6.18 Å². The second-order valence-corrected chi connectivity index (χ2v) is 5.81. The Labute approximate surface area is 165 Å². The number of nitrogens with one attached hydrogen (secondary N) is 2. The van der Waals surface area contributed by atoms with Crippen molar-refractivity contribution in [2.24, 2.45) is 0 Å². The summed E-state index contributed by atoms with van der Waals surface area (Å²) < 4.78 is 38.0. The van der Waals surface area contributed by atoms with E-state index in [0.717, 1.165) is 36.7 Å². The van der Waals surface area contributed by atoms with Gasteiger partial charge in [0.25, 0.3) is 5.69 Å². The number of anilines is 4. The number of aromatic nitrogens is 2. The average molecular weight is 420 g/mol. The highest BCUT2D eigenvalue weighted by Crippen LogP contribution is 2.34. The van der Waals surface area contributed by atoms with E-state index in [2.05, 4.69) is 20.6 Å². The molecule has 0 radical (unpaired) electrons. The Morgan fingerprint density at radius 1 is 0.833 bits per heavy atom. The van der Waals surface area contributed by atoms with Crippen LogP contribution in [-0.4, -0.2) is 19.8 Å². The maximum absolute atomic E-state index is 12.7. The smallest absolute Gasteiger partial charge is 0.334 e. The molecule has 10 nitrogen and oxygen atoms in total. The minimum Gasteiger partial charge on any atom is -0.334 e. The van der Waals surface area contributed by atoms with Crippen LogP contribution in [0.1, 0.15) is 5.56 Å². The molecule has 3 rings (SSSR count). The third kappa shape index (κ3) is 4.57. The van der Waals surface area contributed by atoms with Crippen molar-refractivity contribution in [2.45, 2.75) is 6.18 Å². The second kappa shape index (κ2) is 7.98. The number of nitro groups is 2. The van der Waals surface area contributed by atoms with Gasteiger partial charge in [0.1, 0.15) is 6.33 Å². The Bertz CT molecular complexity index is 1110. The lowest BCUT2D eigenvalue weighted by molar-refractivity contribution is -0.384. The lowest BCUT2D eigenvalue weighted by Gasteiger charge is -2.11. The van der Waals surface area contributed by atoms with Crippen LogP contribution >= 0.6 is 0 Å². The predicted molar refractivity (Wildman–Crippen MR) is 99.8 cm³/mol. The first-order valence-corrected chi connectivity index (χ1v) is 8.10. The van der Waals surface area contributed by atoms with Crippen LogP contribution in [0.3, 0.4) is 0 Å². The van der Waals surface area contributed by atoms with Gasteiger partial charge in [-0.25, -0.2) is 9.97 Å². The lowest BCUT2D eigenvalue weighted by Crippen LogP contribution is -2.07. The van der Waals surface area contributed by atoms with E-state index in [9.17, 15) is 33.4 Å². The predicted octanol–water partition coefficient (Wildman–Crippen LogP) is 4.80. The maximum atomic E-state index is 12.7. The number of non-ortho nitro benzene ring substituents is 1. The highest BCUT2D eigenvalue weighted by atomic mass is 19.4. The van der Waals surface area contributed by atoms with Crippen molar-refractivity contribution in [1.29, 1.82) is 0 Å². The fourth-order valence-electron chi connectivity index (χ4n) is 2.45. The molecule has 2 aromatic carbocycles. The Hall–Kier alpha value is -4.29. The van der Waals surface area contributed by atoms with Gasteiger partial charge < -0.3 is 10.6 Å². The van der Waals surface area contributed by atoms with Gasteiger partial charge in [-0.3, -0.25) is 20.2 Å². The van der Waals surface area contributed by atoms with Crippen molar-refractivity contribution in [2.75, 3.05) is 10.6 Å². The van der Waals surface area contributed by atoms with Crippen molar-refractivity contribution in [3.05, 3.63) is 80.7 Å². The third-order valence-corrected chi connectivity index (χ3v) is 3.80. The van der Waals surface area contributed by atoms with Gasteiger partial charge in [0, 0.05) is 23.5 Å². The maximum Gasteiger partial charge on any atom is 0.416 e. The van der Waals surface area contributed by atoms with Crippen molar-refractivity contribution in [3.63, 3.8) is 0 Å². The first kappa shape index (κ1) is 20.4. The summed E-state index contributed by atoms with van der Waals surface area (Å²) in [7, 11) is 0. The van der Waals surface area contributed by atoms with E-state index >= 15 is 0 Å². The van der Waals surface area contributed by atoms with E-state index in [1.807, 2.05) is 0 Å². The first-order chi connectivity index (χ1) is 14.1. The SMILES string of the molecule is O=[N+]([O-])c1cccc(Nc2ncnc(Nc3ccc(C(F)(F)F)cc3)c2[N+](=O)[O-])c1. The summed E-state index contributed by atoms with van der Waals surface area (Å²) in [6.45, 7) is 0. The molecule has 30 heavy (non-hydrogen) atoms. The zero-order chi connectivity index (χ0) is 21.9. The first-order valence-electron chi connectivity index (χ1n) is 8.10. The monoisotopic (exact) mass is 420 g/mol. The van der Waals surface area contributed by atoms with Crippen LogP contribution in [0.2, 0.25) is 0 Å². The topological polar surface area (TPSA) is 136 Å². The molecule has 0 fully saturated rings. The van der Waals surface area contributed by atoms with Crippen molar-refractivity contribution >= 4 is 34.4 Å². The van der Waals surface area contributed by atoms with E-state index in [4.69, 9.17) is 0 Å². The van der Waals surface area contributed by atoms with Gasteiger partial charge in [-0.2, -0.15) is 13.2 Å². The molecule has 0 aliphatic heterocycles. The van der Waals surface area contributed by atoms with Gasteiger partial charge in [-0.05, 0) is 30.3 Å². The van der Waals surface area contributed by atoms with Crippen molar-refractivity contribution in [1.82, 2.24) is 9.97 Å². The zero-order valence-corrected chi connectivity index (χ0v) is 14.8. The van der Waals surface area contributed by atoms with E-state index < -0.39 is 27.3 Å². The van der Waals surface area contributed by atoms with Gasteiger partial charge in [-0.15, -0.1) is 0 Å². The minimum absolute atomic E-state index is 0.131. The summed E-state index contributed by atoms with van der Waals surface area (Å²) in [5, 5.41) is 27.7. The van der Waals surface area contributed by atoms with Crippen molar-refractivity contribution in [3.8, 4) is 0 Å². The normalized spacial score (nSPS) is 11.0. The second-order valence-electron chi connectivity index (χ2n) is 5.81. The fourth-order valence-corrected chi connectivity index (χ4v) is 2.45. The molecule has 0 unspecified atom stereocenters. The van der Waals surface area contributed by atoms with E-state index in [0.29, 0.717) is 0 Å². The highest BCUT2D eigenvalue weighted by Gasteiger charge is 2.30. The summed E-state index contributed by atoms with van der Waals surface area (Å²) >= 11 is 0. The molecule has 0 amide bonds. The van der Waals surface area contributed by atoms with E-state index in [1.54, 1.807) is 0 Å². The molecule has 0 aliphatic rings. The Balaban J connectivity index is 1.92. The highest BCUT2D eigenvalue weighted by molar-refractivity contribution is 5.77. The number of alkyl halides is 3. The molecule has 0 atom stereocenters. The number of nitro benzene ring substituents is 1. The number of benzene rings is 2. The lowest BCUT2D eigenvalue weighted by atomic mass is 10.2. The molecule has 3 aromatic rings. The van der Waals surface area contributed by atoms with Crippen molar-refractivity contribution < 1.29 is 23.0 Å². The number of rotatable bonds is 6. The summed E-state index contributed by atoms with van der Waals surface area (Å²) in [5.74, 6) is -0.535.